The van der Waals surface area contributed by atoms with E-state index in [2.05, 4.69) is 45.6 Å². The van der Waals surface area contributed by atoms with Crippen molar-refractivity contribution in [3.63, 3.8) is 0 Å². The molecule has 0 spiro atoms. The fraction of sp³-hybridized carbons (Fsp3) is 0.545. The molecule has 2 atom stereocenters. The number of benzene rings is 1. The number of aryl methyl sites for hydroxylation is 2. The molecular formula is C22H30N4O. The molecule has 1 saturated heterocycles. The molecule has 5 nitrogen and oxygen atoms in total. The normalized spacial score (nSPS) is 23.0. The van der Waals surface area contributed by atoms with E-state index >= 15 is 0 Å². The van der Waals surface area contributed by atoms with Crippen LogP contribution in [0.15, 0.2) is 36.5 Å². The summed E-state index contributed by atoms with van der Waals surface area (Å²) in [5.41, 5.74) is 4.01. The summed E-state index contributed by atoms with van der Waals surface area (Å²) in [4.78, 5) is 15.0. The number of carbonyl (C=O) groups is 1. The molecule has 1 N–H and O–H groups in total. The zero-order valence-corrected chi connectivity index (χ0v) is 16.2. The summed E-state index contributed by atoms with van der Waals surface area (Å²) in [6.07, 6.45) is 8.19. The molecule has 0 bridgehead atoms. The Morgan fingerprint density at radius 1 is 1.22 bits per heavy atom. The maximum absolute atomic E-state index is 12.6. The highest BCUT2D eigenvalue weighted by atomic mass is 16.1. The largest absolute Gasteiger partial charge is 0.349 e. The lowest BCUT2D eigenvalue weighted by Crippen LogP contribution is -2.38. The SMILES string of the molecule is Cn1nccc1C1CCCN(CCC(=O)NC2CCCc3ccccc32)C1. The molecule has 144 valence electrons. The second-order valence-electron chi connectivity index (χ2n) is 7.98. The lowest BCUT2D eigenvalue weighted by Gasteiger charge is -2.33. The maximum atomic E-state index is 12.6. The predicted octanol–water partition coefficient (Wildman–Crippen LogP) is 3.18. The van der Waals surface area contributed by atoms with Crippen LogP contribution in [0.2, 0.25) is 0 Å². The fourth-order valence-electron chi connectivity index (χ4n) is 4.71. The van der Waals surface area contributed by atoms with Crippen molar-refractivity contribution in [3.8, 4) is 0 Å². The zero-order chi connectivity index (χ0) is 18.6. The number of nitrogens with zero attached hydrogens (tertiary/aromatic N) is 3. The van der Waals surface area contributed by atoms with E-state index in [1.165, 1.54) is 29.7 Å². The Labute approximate surface area is 161 Å². The molecule has 2 unspecified atom stereocenters. The fourth-order valence-corrected chi connectivity index (χ4v) is 4.71. The molecular weight excluding hydrogens is 336 g/mol. The maximum Gasteiger partial charge on any atom is 0.221 e. The van der Waals surface area contributed by atoms with Crippen LogP contribution in [0.5, 0.6) is 0 Å². The number of rotatable bonds is 5. The molecule has 1 amide bonds. The highest BCUT2D eigenvalue weighted by Crippen LogP contribution is 2.30. The van der Waals surface area contributed by atoms with Gasteiger partial charge in [0.25, 0.3) is 0 Å². The van der Waals surface area contributed by atoms with Crippen molar-refractivity contribution < 1.29 is 4.79 Å². The smallest absolute Gasteiger partial charge is 0.221 e. The summed E-state index contributed by atoms with van der Waals surface area (Å²) in [5.74, 6) is 0.707. The average Bonchev–Trinajstić information content (AvgIpc) is 3.13. The molecule has 27 heavy (non-hydrogen) atoms. The monoisotopic (exact) mass is 366 g/mol. The van der Waals surface area contributed by atoms with Gasteiger partial charge in [0.05, 0.1) is 6.04 Å². The first-order valence-electron chi connectivity index (χ1n) is 10.3. The van der Waals surface area contributed by atoms with Gasteiger partial charge in [0, 0.05) is 44.4 Å². The van der Waals surface area contributed by atoms with Gasteiger partial charge in [-0.2, -0.15) is 5.10 Å². The molecule has 2 aromatic rings. The topological polar surface area (TPSA) is 50.2 Å². The van der Waals surface area contributed by atoms with Gasteiger partial charge < -0.3 is 10.2 Å². The van der Waals surface area contributed by atoms with Crippen LogP contribution >= 0.6 is 0 Å². The summed E-state index contributed by atoms with van der Waals surface area (Å²) in [7, 11) is 2.02. The molecule has 2 aliphatic rings. The number of piperidine rings is 1. The summed E-state index contributed by atoms with van der Waals surface area (Å²) < 4.78 is 1.99. The van der Waals surface area contributed by atoms with Gasteiger partial charge in [-0.25, -0.2) is 0 Å². The summed E-state index contributed by atoms with van der Waals surface area (Å²) in [6.45, 7) is 2.96. The Bertz CT molecular complexity index is 784. The second kappa shape index (κ2) is 8.26. The Balaban J connectivity index is 1.29. The minimum Gasteiger partial charge on any atom is -0.349 e. The van der Waals surface area contributed by atoms with Gasteiger partial charge in [0.1, 0.15) is 0 Å². The van der Waals surface area contributed by atoms with E-state index in [4.69, 9.17) is 0 Å². The van der Waals surface area contributed by atoms with Crippen molar-refractivity contribution >= 4 is 5.91 Å². The van der Waals surface area contributed by atoms with E-state index in [-0.39, 0.29) is 11.9 Å². The van der Waals surface area contributed by atoms with Crippen molar-refractivity contribution in [2.45, 2.75) is 50.5 Å². The molecule has 1 aliphatic carbocycles. The molecule has 4 rings (SSSR count). The van der Waals surface area contributed by atoms with E-state index < -0.39 is 0 Å². The van der Waals surface area contributed by atoms with E-state index in [1.807, 2.05) is 17.9 Å². The first-order valence-corrected chi connectivity index (χ1v) is 10.3. The van der Waals surface area contributed by atoms with Crippen molar-refractivity contribution in [1.82, 2.24) is 20.0 Å². The molecule has 1 aromatic heterocycles. The number of likely N-dealkylation sites (tertiary alicyclic amines) is 1. The van der Waals surface area contributed by atoms with E-state index in [1.54, 1.807) is 0 Å². The second-order valence-corrected chi connectivity index (χ2v) is 7.98. The standard InChI is InChI=1S/C22H30N4O/c1-25-21(11-13-23-25)18-8-5-14-26(16-18)15-12-22(27)24-20-10-4-7-17-6-2-3-9-19(17)20/h2-3,6,9,11,13,18,20H,4-5,7-8,10,12,14-16H2,1H3,(H,24,27). The number of fused-ring (bicyclic) bond motifs is 1. The Kier molecular flexibility index (Phi) is 5.58. The van der Waals surface area contributed by atoms with Crippen molar-refractivity contribution in [2.24, 2.45) is 7.05 Å². The first kappa shape index (κ1) is 18.2. The van der Waals surface area contributed by atoms with Crippen molar-refractivity contribution in [3.05, 3.63) is 53.3 Å². The number of carbonyl (C=O) groups excluding carboxylic acids is 1. The highest BCUT2D eigenvalue weighted by Gasteiger charge is 2.25. The molecule has 2 heterocycles. The average molecular weight is 367 g/mol. The quantitative estimate of drug-likeness (QED) is 0.884. The first-order chi connectivity index (χ1) is 13.2. The van der Waals surface area contributed by atoms with Crippen molar-refractivity contribution in [1.29, 1.82) is 0 Å². The van der Waals surface area contributed by atoms with Crippen LogP contribution in [-0.2, 0) is 18.3 Å². The van der Waals surface area contributed by atoms with Gasteiger partial charge in [-0.3, -0.25) is 9.48 Å². The zero-order valence-electron chi connectivity index (χ0n) is 16.2. The molecule has 1 fully saturated rings. The van der Waals surface area contributed by atoms with Crippen LogP contribution < -0.4 is 5.32 Å². The Hall–Kier alpha value is -2.14. The van der Waals surface area contributed by atoms with Crippen LogP contribution in [0.1, 0.15) is 60.9 Å². The Morgan fingerprint density at radius 2 is 2.11 bits per heavy atom. The third-order valence-electron chi connectivity index (χ3n) is 6.14. The number of hydrogen-bond acceptors (Lipinski definition) is 3. The number of nitrogens with one attached hydrogen (secondary N) is 1. The van der Waals surface area contributed by atoms with Crippen LogP contribution in [0.3, 0.4) is 0 Å². The third kappa shape index (κ3) is 4.24. The summed E-state index contributed by atoms with van der Waals surface area (Å²) >= 11 is 0. The van der Waals surface area contributed by atoms with Gasteiger partial charge >= 0.3 is 0 Å². The third-order valence-corrected chi connectivity index (χ3v) is 6.14. The molecule has 1 aromatic carbocycles. The van der Waals surface area contributed by atoms with Gasteiger partial charge in [-0.1, -0.05) is 24.3 Å². The molecule has 0 radical (unpaired) electrons. The van der Waals surface area contributed by atoms with E-state index in [0.717, 1.165) is 38.9 Å². The van der Waals surface area contributed by atoms with Gasteiger partial charge in [0.15, 0.2) is 0 Å². The molecule has 5 heteroatoms. The van der Waals surface area contributed by atoms with Gasteiger partial charge in [0.2, 0.25) is 5.91 Å². The molecule has 1 aliphatic heterocycles. The minimum atomic E-state index is 0.180. The van der Waals surface area contributed by atoms with Crippen molar-refractivity contribution in [2.75, 3.05) is 19.6 Å². The number of aromatic nitrogens is 2. The lowest BCUT2D eigenvalue weighted by molar-refractivity contribution is -0.122. The highest BCUT2D eigenvalue weighted by molar-refractivity contribution is 5.76. The van der Waals surface area contributed by atoms with Crippen LogP contribution in [0, 0.1) is 0 Å². The van der Waals surface area contributed by atoms with Crippen LogP contribution in [-0.4, -0.2) is 40.2 Å². The van der Waals surface area contributed by atoms with Crippen LogP contribution in [0.4, 0.5) is 0 Å². The summed E-state index contributed by atoms with van der Waals surface area (Å²) in [5, 5.41) is 7.59. The number of amides is 1. The minimum absolute atomic E-state index is 0.180. The van der Waals surface area contributed by atoms with E-state index in [9.17, 15) is 4.79 Å². The van der Waals surface area contributed by atoms with Gasteiger partial charge in [-0.05, 0) is 55.8 Å². The van der Waals surface area contributed by atoms with Gasteiger partial charge in [-0.15, -0.1) is 0 Å². The predicted molar refractivity (Wildman–Crippen MR) is 107 cm³/mol. The van der Waals surface area contributed by atoms with Crippen LogP contribution in [0.25, 0.3) is 0 Å². The Morgan fingerprint density at radius 3 is 2.96 bits per heavy atom. The lowest BCUT2D eigenvalue weighted by atomic mass is 9.87. The summed E-state index contributed by atoms with van der Waals surface area (Å²) in [6, 6.07) is 10.9. The molecule has 0 saturated carbocycles. The number of hydrogen-bond donors (Lipinski definition) is 1. The van der Waals surface area contributed by atoms with E-state index in [0.29, 0.717) is 12.3 Å².